The summed E-state index contributed by atoms with van der Waals surface area (Å²) in [6.45, 7) is 0. The molecule has 4 amide bonds. The molecule has 0 aromatic heterocycles. The molecular weight excluding hydrogens is 566 g/mol. The van der Waals surface area contributed by atoms with Gasteiger partial charge in [-0.15, -0.1) is 23.2 Å². The van der Waals surface area contributed by atoms with Crippen molar-refractivity contribution < 1.29 is 38.1 Å². The van der Waals surface area contributed by atoms with Crippen LogP contribution in [0, 0.1) is 23.6 Å². The second kappa shape index (κ2) is 8.94. The predicted molar refractivity (Wildman–Crippen MR) is 141 cm³/mol. The first-order chi connectivity index (χ1) is 19.0. The zero-order valence-electron chi connectivity index (χ0n) is 21.2. The van der Waals surface area contributed by atoms with Gasteiger partial charge in [0.25, 0.3) is 11.8 Å². The molecule has 6 atom stereocenters. The number of hydrogen-bond donors (Lipinski definition) is 2. The normalized spacial score (nSPS) is 32.7. The van der Waals surface area contributed by atoms with Crippen LogP contribution in [0.4, 0.5) is 10.1 Å². The van der Waals surface area contributed by atoms with E-state index >= 15 is 0 Å². The van der Waals surface area contributed by atoms with Crippen molar-refractivity contribution in [3.05, 3.63) is 59.4 Å². The molecular formula is C28H23Cl2FN2O7. The molecule has 0 radical (unpaired) electrons. The van der Waals surface area contributed by atoms with Crippen molar-refractivity contribution in [2.45, 2.75) is 28.5 Å². The van der Waals surface area contributed by atoms with E-state index in [9.17, 15) is 28.7 Å². The maximum absolute atomic E-state index is 14.3. The van der Waals surface area contributed by atoms with Crippen LogP contribution in [0.15, 0.2) is 48.0 Å². The molecule has 2 aliphatic heterocycles. The summed E-state index contributed by atoms with van der Waals surface area (Å²) < 4.78 is 24.6. The standard InChI is InChI=1S/C28H23Cl2FN2O7/c1-39-14-9-18(34)21(19(10-14)40-2)22-15-7-8-16-20(24(36)32-23(16)35)17(15)11-27(29)25(37)33(26(38)28(22,27)30)13-5-3-12(31)4-6-13/h3-7,9-10,16-17,20,22,34H,8,11H2,1-2H3,(H,32,35,36). The molecule has 1 saturated carbocycles. The molecule has 2 aromatic carbocycles. The average molecular weight is 589 g/mol. The first kappa shape index (κ1) is 26.6. The van der Waals surface area contributed by atoms with E-state index in [-0.39, 0.29) is 41.3 Å². The van der Waals surface area contributed by atoms with Gasteiger partial charge in [-0.05, 0) is 43.0 Å². The van der Waals surface area contributed by atoms with Gasteiger partial charge in [0.1, 0.15) is 23.1 Å². The third-order valence-corrected chi connectivity index (χ3v) is 9.99. The Bertz CT molecular complexity index is 1530. The summed E-state index contributed by atoms with van der Waals surface area (Å²) in [5.41, 5.74) is 0.613. The molecule has 12 heteroatoms. The van der Waals surface area contributed by atoms with E-state index in [1.165, 1.54) is 38.5 Å². The van der Waals surface area contributed by atoms with Crippen molar-refractivity contribution >= 4 is 52.5 Å². The number of rotatable bonds is 4. The van der Waals surface area contributed by atoms with Gasteiger partial charge in [-0.3, -0.25) is 24.5 Å². The number of aromatic hydroxyl groups is 1. The average Bonchev–Trinajstić information content (AvgIpc) is 3.30. The highest BCUT2D eigenvalue weighted by Gasteiger charge is 2.77. The quantitative estimate of drug-likeness (QED) is 0.319. The summed E-state index contributed by atoms with van der Waals surface area (Å²) in [7, 11) is 2.75. The molecule has 4 aliphatic rings. The van der Waals surface area contributed by atoms with Crippen molar-refractivity contribution in [1.82, 2.24) is 5.32 Å². The van der Waals surface area contributed by atoms with Gasteiger partial charge in [-0.2, -0.15) is 0 Å². The maximum atomic E-state index is 14.3. The van der Waals surface area contributed by atoms with Gasteiger partial charge >= 0.3 is 0 Å². The summed E-state index contributed by atoms with van der Waals surface area (Å²) >= 11 is 14.5. The Morgan fingerprint density at radius 3 is 2.35 bits per heavy atom. The van der Waals surface area contributed by atoms with Gasteiger partial charge in [0.2, 0.25) is 11.8 Å². The SMILES string of the molecule is COc1cc(O)c(C2C3=CCC4C(=O)NC(=O)C4C3CC3(Cl)C(=O)N(c4ccc(F)cc4)C(=O)C23Cl)c(OC)c1. The van der Waals surface area contributed by atoms with Crippen LogP contribution in [-0.2, 0) is 19.2 Å². The van der Waals surface area contributed by atoms with Gasteiger partial charge in [0, 0.05) is 23.6 Å². The van der Waals surface area contributed by atoms with Crippen molar-refractivity contribution in [2.24, 2.45) is 17.8 Å². The van der Waals surface area contributed by atoms with Crippen LogP contribution in [0.3, 0.4) is 0 Å². The number of nitrogens with zero attached hydrogens (tertiary/aromatic N) is 1. The van der Waals surface area contributed by atoms with E-state index in [0.29, 0.717) is 5.57 Å². The van der Waals surface area contributed by atoms with Crippen LogP contribution in [0.2, 0.25) is 0 Å². The Morgan fingerprint density at radius 2 is 1.70 bits per heavy atom. The Balaban J connectivity index is 1.62. The Kier molecular flexibility index (Phi) is 5.94. The van der Waals surface area contributed by atoms with E-state index in [0.717, 1.165) is 17.0 Å². The van der Waals surface area contributed by atoms with Crippen LogP contribution in [-0.4, -0.2) is 52.7 Å². The minimum absolute atomic E-state index is 0.0548. The third-order valence-electron chi connectivity index (χ3n) is 8.58. The molecule has 2 heterocycles. The number of benzene rings is 2. The van der Waals surface area contributed by atoms with Crippen molar-refractivity contribution in [1.29, 1.82) is 0 Å². The zero-order valence-corrected chi connectivity index (χ0v) is 22.8. The van der Waals surface area contributed by atoms with E-state index in [2.05, 4.69) is 5.32 Å². The molecule has 3 fully saturated rings. The van der Waals surface area contributed by atoms with E-state index in [1.54, 1.807) is 6.08 Å². The van der Waals surface area contributed by atoms with Gasteiger partial charge in [0.05, 0.1) is 31.7 Å². The fourth-order valence-electron chi connectivity index (χ4n) is 6.79. The van der Waals surface area contributed by atoms with E-state index in [4.69, 9.17) is 32.7 Å². The third kappa shape index (κ3) is 3.32. The molecule has 2 N–H and O–H groups in total. The number of nitrogens with one attached hydrogen (secondary N) is 1. The van der Waals surface area contributed by atoms with Crippen LogP contribution >= 0.6 is 23.2 Å². The minimum atomic E-state index is -2.20. The number of allylic oxidation sites excluding steroid dienone is 2. The lowest BCUT2D eigenvalue weighted by Crippen LogP contribution is -2.60. The summed E-state index contributed by atoms with van der Waals surface area (Å²) in [5.74, 6) is -6.79. The monoisotopic (exact) mass is 588 g/mol. The molecule has 2 aliphatic carbocycles. The summed E-state index contributed by atoms with van der Waals surface area (Å²) in [5, 5.41) is 13.6. The Morgan fingerprint density at radius 1 is 1.00 bits per heavy atom. The molecule has 2 aromatic rings. The molecule has 208 valence electrons. The summed E-state index contributed by atoms with van der Waals surface area (Å²) in [4.78, 5) is 50.4. The van der Waals surface area contributed by atoms with Crippen LogP contribution in [0.5, 0.6) is 17.2 Å². The van der Waals surface area contributed by atoms with Gasteiger partial charge in [-0.25, -0.2) is 9.29 Å². The molecule has 6 rings (SSSR count). The lowest BCUT2D eigenvalue weighted by atomic mass is 9.56. The number of alkyl halides is 2. The first-order valence-corrected chi connectivity index (χ1v) is 13.3. The number of anilines is 1. The number of phenolic OH excluding ortho intramolecular Hbond substituents is 1. The number of ether oxygens (including phenoxy) is 2. The topological polar surface area (TPSA) is 122 Å². The van der Waals surface area contributed by atoms with Crippen molar-refractivity contribution in [3.8, 4) is 17.2 Å². The largest absolute Gasteiger partial charge is 0.507 e. The maximum Gasteiger partial charge on any atom is 0.258 e. The number of carbonyl (C=O) groups is 4. The predicted octanol–water partition coefficient (Wildman–Crippen LogP) is 3.40. The molecule has 40 heavy (non-hydrogen) atoms. The highest BCUT2D eigenvalue weighted by atomic mass is 35.5. The fraction of sp³-hybridized carbons (Fsp3) is 0.357. The van der Waals surface area contributed by atoms with Crippen molar-refractivity contribution in [3.63, 3.8) is 0 Å². The number of imide groups is 2. The lowest BCUT2D eigenvalue weighted by molar-refractivity contribution is -0.127. The molecule has 0 bridgehead atoms. The smallest absolute Gasteiger partial charge is 0.258 e. The number of amides is 4. The highest BCUT2D eigenvalue weighted by Crippen LogP contribution is 2.67. The number of phenols is 1. The minimum Gasteiger partial charge on any atom is -0.507 e. The molecule has 0 spiro atoms. The zero-order chi connectivity index (χ0) is 28.7. The second-order valence-electron chi connectivity index (χ2n) is 10.4. The Labute approximate surface area is 237 Å². The van der Waals surface area contributed by atoms with Gasteiger partial charge in [0.15, 0.2) is 9.75 Å². The van der Waals surface area contributed by atoms with Crippen molar-refractivity contribution in [2.75, 3.05) is 19.1 Å². The summed E-state index contributed by atoms with van der Waals surface area (Å²) in [6, 6.07) is 7.51. The van der Waals surface area contributed by atoms with Crippen LogP contribution < -0.4 is 19.7 Å². The molecule has 2 saturated heterocycles. The number of hydrogen-bond acceptors (Lipinski definition) is 7. The first-order valence-electron chi connectivity index (χ1n) is 12.5. The summed E-state index contributed by atoms with van der Waals surface area (Å²) in [6.07, 6.45) is 1.68. The van der Waals surface area contributed by atoms with Gasteiger partial charge in [-0.1, -0.05) is 11.6 Å². The number of halogens is 3. The van der Waals surface area contributed by atoms with Gasteiger partial charge < -0.3 is 14.6 Å². The second-order valence-corrected chi connectivity index (χ2v) is 11.6. The van der Waals surface area contributed by atoms with E-state index in [1.807, 2.05) is 0 Å². The highest BCUT2D eigenvalue weighted by molar-refractivity contribution is 6.58. The lowest BCUT2D eigenvalue weighted by Gasteiger charge is -2.50. The number of methoxy groups -OCH3 is 2. The van der Waals surface area contributed by atoms with E-state index < -0.39 is 62.9 Å². The Hall–Kier alpha value is -3.63. The molecule has 6 unspecified atom stereocenters. The number of fused-ring (bicyclic) bond motifs is 4. The fourth-order valence-corrected chi connectivity index (χ4v) is 7.71. The molecule has 9 nitrogen and oxygen atoms in total. The van der Waals surface area contributed by atoms with Crippen LogP contribution in [0.25, 0.3) is 0 Å². The number of carbonyl (C=O) groups excluding carboxylic acids is 4. The van der Waals surface area contributed by atoms with Crippen LogP contribution in [0.1, 0.15) is 24.3 Å².